The van der Waals surface area contributed by atoms with Gasteiger partial charge in [0.05, 0.1) is 10.6 Å². The summed E-state index contributed by atoms with van der Waals surface area (Å²) in [4.78, 5) is 0.383. The van der Waals surface area contributed by atoms with Gasteiger partial charge in [-0.3, -0.25) is 0 Å². The number of rotatable bonds is 7. The van der Waals surface area contributed by atoms with Crippen LogP contribution in [0.15, 0.2) is 23.1 Å². The quantitative estimate of drug-likeness (QED) is 0.681. The number of ether oxygens (including phenoxy) is 1. The number of halogens is 2. The number of alkyl halides is 2. The van der Waals surface area contributed by atoms with Crippen molar-refractivity contribution in [1.82, 2.24) is 0 Å². The van der Waals surface area contributed by atoms with E-state index in [9.17, 15) is 8.42 Å². The molecule has 2 atom stereocenters. The van der Waals surface area contributed by atoms with Crippen molar-refractivity contribution in [2.75, 3.05) is 11.6 Å². The van der Waals surface area contributed by atoms with Crippen LogP contribution in [-0.2, 0) is 16.3 Å². The number of hydrogen-bond donors (Lipinski definition) is 0. The molecule has 2 rings (SSSR count). The van der Waals surface area contributed by atoms with Crippen LogP contribution in [0.25, 0.3) is 0 Å². The van der Waals surface area contributed by atoms with Crippen LogP contribution in [0.5, 0.6) is 5.75 Å². The summed E-state index contributed by atoms with van der Waals surface area (Å²) in [6.07, 6.45) is 4.40. The van der Waals surface area contributed by atoms with Gasteiger partial charge in [0.15, 0.2) is 9.84 Å². The molecule has 0 radical (unpaired) electrons. The molecule has 0 bridgehead atoms. The molecule has 0 aromatic heterocycles. The molecule has 1 aromatic carbocycles. The molecule has 3 nitrogen and oxygen atoms in total. The van der Waals surface area contributed by atoms with Gasteiger partial charge in [-0.1, -0.05) is 6.92 Å². The molecule has 0 saturated heterocycles. The molecule has 0 N–H and O–H groups in total. The molecule has 2 unspecified atom stereocenters. The number of hydrogen-bond acceptors (Lipinski definition) is 3. The second kappa shape index (κ2) is 7.89. The summed E-state index contributed by atoms with van der Waals surface area (Å²) in [5.41, 5.74) is 0.970. The largest absolute Gasteiger partial charge is 0.490 e. The van der Waals surface area contributed by atoms with Crippen molar-refractivity contribution in [2.45, 2.75) is 55.4 Å². The third kappa shape index (κ3) is 4.53. The fourth-order valence-electron chi connectivity index (χ4n) is 2.65. The van der Waals surface area contributed by atoms with E-state index < -0.39 is 9.84 Å². The number of aryl methyl sites for hydroxylation is 1. The van der Waals surface area contributed by atoms with Gasteiger partial charge in [-0.25, -0.2) is 8.42 Å². The van der Waals surface area contributed by atoms with E-state index in [2.05, 4.69) is 0 Å². The van der Waals surface area contributed by atoms with Crippen LogP contribution >= 0.6 is 23.2 Å². The van der Waals surface area contributed by atoms with Gasteiger partial charge in [0, 0.05) is 17.7 Å². The Kier molecular flexibility index (Phi) is 6.42. The van der Waals surface area contributed by atoms with Gasteiger partial charge in [0.1, 0.15) is 11.9 Å². The average Bonchev–Trinajstić information content (AvgIpc) is 2.52. The van der Waals surface area contributed by atoms with Crippen LogP contribution in [0.3, 0.4) is 0 Å². The smallest absolute Gasteiger partial charge is 0.178 e. The minimum absolute atomic E-state index is 0.0741. The third-order valence-electron chi connectivity index (χ3n) is 3.97. The van der Waals surface area contributed by atoms with Crippen molar-refractivity contribution >= 4 is 33.0 Å². The first-order chi connectivity index (χ1) is 10.5. The molecule has 6 heteroatoms. The van der Waals surface area contributed by atoms with E-state index in [4.69, 9.17) is 27.9 Å². The summed E-state index contributed by atoms with van der Waals surface area (Å²) in [5.74, 6) is 1.53. The van der Waals surface area contributed by atoms with E-state index in [0.717, 1.165) is 43.4 Å². The van der Waals surface area contributed by atoms with Crippen LogP contribution in [-0.4, -0.2) is 31.5 Å². The van der Waals surface area contributed by atoms with Crippen molar-refractivity contribution in [3.8, 4) is 5.75 Å². The summed E-state index contributed by atoms with van der Waals surface area (Å²) in [5, 5.41) is 0.0741. The van der Waals surface area contributed by atoms with Crippen molar-refractivity contribution in [3.63, 3.8) is 0 Å². The molecule has 1 heterocycles. The molecule has 0 fully saturated rings. The highest BCUT2D eigenvalue weighted by atomic mass is 35.5. The standard InChI is InChI=1S/C16H22Cl2O3S/c1-2-22(19,20)15-7-8-16-12(10-15)5-6-14(21-16)11-13(18)4-3-9-17/h7-8,10,13-14H,2-6,9,11H2,1H3. The van der Waals surface area contributed by atoms with Gasteiger partial charge in [-0.2, -0.15) is 0 Å². The van der Waals surface area contributed by atoms with E-state index in [1.165, 1.54) is 0 Å². The Labute approximate surface area is 142 Å². The van der Waals surface area contributed by atoms with Crippen molar-refractivity contribution in [2.24, 2.45) is 0 Å². The first-order valence-corrected chi connectivity index (χ1v) is 10.3. The Bertz CT molecular complexity index is 601. The Balaban J connectivity index is 2.03. The highest BCUT2D eigenvalue weighted by Gasteiger charge is 2.24. The van der Waals surface area contributed by atoms with Gasteiger partial charge in [-0.05, 0) is 49.4 Å². The Morgan fingerprint density at radius 3 is 2.86 bits per heavy atom. The summed E-state index contributed by atoms with van der Waals surface area (Å²) >= 11 is 12.0. The second-order valence-electron chi connectivity index (χ2n) is 5.62. The molecule has 0 spiro atoms. The zero-order chi connectivity index (χ0) is 16.2. The van der Waals surface area contributed by atoms with Gasteiger partial charge in [0.25, 0.3) is 0 Å². The van der Waals surface area contributed by atoms with Gasteiger partial charge in [0.2, 0.25) is 0 Å². The molecule has 1 aromatic rings. The summed E-state index contributed by atoms with van der Waals surface area (Å²) in [6, 6.07) is 5.15. The van der Waals surface area contributed by atoms with E-state index in [-0.39, 0.29) is 17.2 Å². The zero-order valence-corrected chi connectivity index (χ0v) is 15.1. The number of sulfone groups is 1. The monoisotopic (exact) mass is 364 g/mol. The first-order valence-electron chi connectivity index (χ1n) is 7.68. The highest BCUT2D eigenvalue weighted by molar-refractivity contribution is 7.91. The maximum atomic E-state index is 11.9. The predicted molar refractivity (Wildman–Crippen MR) is 91.1 cm³/mol. The SMILES string of the molecule is CCS(=O)(=O)c1ccc2c(c1)CCC(CC(Cl)CCCCl)O2. The molecule has 0 aliphatic carbocycles. The van der Waals surface area contributed by atoms with Crippen molar-refractivity contribution in [1.29, 1.82) is 0 Å². The zero-order valence-electron chi connectivity index (χ0n) is 12.7. The van der Waals surface area contributed by atoms with Crippen LogP contribution in [0.4, 0.5) is 0 Å². The second-order valence-corrected chi connectivity index (χ2v) is 8.89. The maximum Gasteiger partial charge on any atom is 0.178 e. The number of benzene rings is 1. The maximum absolute atomic E-state index is 11.9. The molecule has 0 amide bonds. The number of fused-ring (bicyclic) bond motifs is 1. The minimum Gasteiger partial charge on any atom is -0.490 e. The minimum atomic E-state index is -3.16. The van der Waals surface area contributed by atoms with Gasteiger partial charge < -0.3 is 4.74 Å². The summed E-state index contributed by atoms with van der Waals surface area (Å²) in [6.45, 7) is 1.66. The average molecular weight is 365 g/mol. The molecular weight excluding hydrogens is 343 g/mol. The molecule has 1 aliphatic rings. The fraction of sp³-hybridized carbons (Fsp3) is 0.625. The van der Waals surface area contributed by atoms with Crippen molar-refractivity contribution in [3.05, 3.63) is 23.8 Å². The van der Waals surface area contributed by atoms with E-state index in [1.54, 1.807) is 25.1 Å². The van der Waals surface area contributed by atoms with Crippen LogP contribution in [0.1, 0.15) is 38.2 Å². The lowest BCUT2D eigenvalue weighted by molar-refractivity contribution is 0.161. The molecule has 124 valence electrons. The lowest BCUT2D eigenvalue weighted by Gasteiger charge is -2.28. The van der Waals surface area contributed by atoms with Crippen LogP contribution in [0.2, 0.25) is 0 Å². The Morgan fingerprint density at radius 2 is 2.18 bits per heavy atom. The topological polar surface area (TPSA) is 43.4 Å². The van der Waals surface area contributed by atoms with Gasteiger partial charge in [-0.15, -0.1) is 23.2 Å². The van der Waals surface area contributed by atoms with E-state index in [1.807, 2.05) is 0 Å². The predicted octanol–water partition coefficient (Wildman–Crippen LogP) is 4.19. The summed E-state index contributed by atoms with van der Waals surface area (Å²) < 4.78 is 29.8. The van der Waals surface area contributed by atoms with E-state index >= 15 is 0 Å². The molecule has 22 heavy (non-hydrogen) atoms. The van der Waals surface area contributed by atoms with Crippen LogP contribution in [0, 0.1) is 0 Å². The summed E-state index contributed by atoms with van der Waals surface area (Å²) in [7, 11) is -3.16. The highest BCUT2D eigenvalue weighted by Crippen LogP contribution is 2.32. The fourth-order valence-corrected chi connectivity index (χ4v) is 4.09. The third-order valence-corrected chi connectivity index (χ3v) is 6.37. The molecular formula is C16H22Cl2O3S. The van der Waals surface area contributed by atoms with E-state index in [0.29, 0.717) is 10.8 Å². The van der Waals surface area contributed by atoms with Gasteiger partial charge >= 0.3 is 0 Å². The Hall–Kier alpha value is -0.450. The lowest BCUT2D eigenvalue weighted by atomic mass is 9.98. The molecule has 0 saturated carbocycles. The normalized spacial score (nSPS) is 19.3. The van der Waals surface area contributed by atoms with Crippen molar-refractivity contribution < 1.29 is 13.2 Å². The lowest BCUT2D eigenvalue weighted by Crippen LogP contribution is -2.26. The van der Waals surface area contributed by atoms with Crippen LogP contribution < -0.4 is 4.74 Å². The molecule has 1 aliphatic heterocycles. The first kappa shape index (κ1) is 17.9. The Morgan fingerprint density at radius 1 is 1.41 bits per heavy atom.